The Labute approximate surface area is 168 Å². The first-order valence-corrected chi connectivity index (χ1v) is 9.55. The Morgan fingerprint density at radius 1 is 1.03 bits per heavy atom. The molecule has 0 aliphatic heterocycles. The topological polar surface area (TPSA) is 42.7 Å². The zero-order chi connectivity index (χ0) is 21.0. The molecule has 154 valence electrons. The van der Waals surface area contributed by atoms with Crippen molar-refractivity contribution in [3.05, 3.63) is 82.9 Å². The fourth-order valence-corrected chi connectivity index (χ4v) is 3.42. The molecule has 0 fully saturated rings. The maximum Gasteiger partial charge on any atom is 0.416 e. The van der Waals surface area contributed by atoms with E-state index in [-0.39, 0.29) is 12.0 Å². The first kappa shape index (κ1) is 21.0. The molecule has 0 bridgehead atoms. The van der Waals surface area contributed by atoms with Crippen LogP contribution in [0.2, 0.25) is 0 Å². The summed E-state index contributed by atoms with van der Waals surface area (Å²) in [6, 6.07) is 10.8. The van der Waals surface area contributed by atoms with Gasteiger partial charge in [0.2, 0.25) is 0 Å². The number of hydrogen-bond acceptors (Lipinski definition) is 3. The Morgan fingerprint density at radius 2 is 1.76 bits per heavy atom. The van der Waals surface area contributed by atoms with Crippen LogP contribution in [0, 0.1) is 19.8 Å². The van der Waals surface area contributed by atoms with Crippen LogP contribution < -0.4 is 5.32 Å². The smallest absolute Gasteiger partial charge is 0.306 e. The number of nitrogens with zero attached hydrogens (tertiary/aromatic N) is 3. The number of aromatic nitrogens is 3. The summed E-state index contributed by atoms with van der Waals surface area (Å²) in [7, 11) is 0. The maximum atomic E-state index is 13.2. The highest BCUT2D eigenvalue weighted by atomic mass is 19.4. The lowest BCUT2D eigenvalue weighted by Crippen LogP contribution is -2.29. The van der Waals surface area contributed by atoms with Crippen molar-refractivity contribution in [3.63, 3.8) is 0 Å². The lowest BCUT2D eigenvalue weighted by atomic mass is 9.97. The Morgan fingerprint density at radius 3 is 2.38 bits per heavy atom. The zero-order valence-electron chi connectivity index (χ0n) is 16.7. The summed E-state index contributed by atoms with van der Waals surface area (Å²) in [6.45, 7) is 7.43. The van der Waals surface area contributed by atoms with E-state index < -0.39 is 11.7 Å². The highest BCUT2D eigenvalue weighted by molar-refractivity contribution is 5.34. The SMILES string of the molecule is Cc1cc(C)n(C[C@@H](C)CN[C@H](c2ccncc2)c2cccc(C(F)(F)F)c2)n1. The number of nitrogens with one attached hydrogen (secondary N) is 1. The molecule has 0 unspecified atom stereocenters. The summed E-state index contributed by atoms with van der Waals surface area (Å²) in [5.74, 6) is 0.239. The molecule has 3 rings (SSSR count). The van der Waals surface area contributed by atoms with Gasteiger partial charge in [-0.15, -0.1) is 0 Å². The molecule has 29 heavy (non-hydrogen) atoms. The van der Waals surface area contributed by atoms with Gasteiger partial charge in [-0.05, 0) is 61.2 Å². The first-order valence-electron chi connectivity index (χ1n) is 9.55. The molecule has 0 aliphatic carbocycles. The van der Waals surface area contributed by atoms with Crippen LogP contribution in [0.5, 0.6) is 0 Å². The van der Waals surface area contributed by atoms with Crippen molar-refractivity contribution < 1.29 is 13.2 Å². The second-order valence-electron chi connectivity index (χ2n) is 7.46. The van der Waals surface area contributed by atoms with Crippen LogP contribution >= 0.6 is 0 Å². The molecule has 3 aromatic rings. The monoisotopic (exact) mass is 402 g/mol. The molecule has 0 amide bonds. The van der Waals surface area contributed by atoms with Crippen molar-refractivity contribution in [2.24, 2.45) is 5.92 Å². The van der Waals surface area contributed by atoms with Gasteiger partial charge in [0.25, 0.3) is 0 Å². The minimum Gasteiger partial charge on any atom is -0.306 e. The summed E-state index contributed by atoms with van der Waals surface area (Å²) in [6.07, 6.45) is -1.07. The summed E-state index contributed by atoms with van der Waals surface area (Å²) < 4.78 is 41.5. The van der Waals surface area contributed by atoms with E-state index in [1.807, 2.05) is 36.7 Å². The standard InChI is InChI=1S/C22H25F3N4/c1-15(14-29-17(3)11-16(2)28-29)13-27-21(18-7-9-26-10-8-18)19-5-4-6-20(12-19)22(23,24)25/h4-12,15,21,27H,13-14H2,1-3H3/t15-,21+/m0/s1. The van der Waals surface area contributed by atoms with Gasteiger partial charge in [-0.25, -0.2) is 0 Å². The van der Waals surface area contributed by atoms with Crippen molar-refractivity contribution in [1.82, 2.24) is 20.1 Å². The zero-order valence-corrected chi connectivity index (χ0v) is 16.7. The number of halogens is 3. The molecule has 0 radical (unpaired) electrons. The van der Waals surface area contributed by atoms with E-state index in [0.717, 1.165) is 29.6 Å². The summed E-state index contributed by atoms with van der Waals surface area (Å²) >= 11 is 0. The third kappa shape index (κ3) is 5.44. The number of alkyl halides is 3. The van der Waals surface area contributed by atoms with Crippen LogP contribution in [0.15, 0.2) is 54.9 Å². The van der Waals surface area contributed by atoms with E-state index in [9.17, 15) is 13.2 Å². The van der Waals surface area contributed by atoms with Crippen LogP contribution in [-0.4, -0.2) is 21.3 Å². The third-order valence-corrected chi connectivity index (χ3v) is 4.85. The fraction of sp³-hybridized carbons (Fsp3) is 0.364. The molecular weight excluding hydrogens is 377 g/mol. The first-order chi connectivity index (χ1) is 13.7. The van der Waals surface area contributed by atoms with Gasteiger partial charge in [-0.1, -0.05) is 19.1 Å². The number of rotatable bonds is 7. The van der Waals surface area contributed by atoms with Crippen molar-refractivity contribution in [3.8, 4) is 0 Å². The van der Waals surface area contributed by atoms with E-state index in [1.54, 1.807) is 18.5 Å². The van der Waals surface area contributed by atoms with E-state index in [4.69, 9.17) is 0 Å². The van der Waals surface area contributed by atoms with Crippen molar-refractivity contribution in [2.45, 2.75) is 39.5 Å². The fourth-order valence-electron chi connectivity index (χ4n) is 3.42. The van der Waals surface area contributed by atoms with Gasteiger partial charge >= 0.3 is 6.18 Å². The van der Waals surface area contributed by atoms with Crippen LogP contribution in [-0.2, 0) is 12.7 Å². The molecule has 2 atom stereocenters. The highest BCUT2D eigenvalue weighted by Gasteiger charge is 2.31. The number of pyridine rings is 1. The number of aryl methyl sites for hydroxylation is 2. The second kappa shape index (κ2) is 8.78. The molecule has 0 aliphatic rings. The lowest BCUT2D eigenvalue weighted by molar-refractivity contribution is -0.137. The van der Waals surface area contributed by atoms with Gasteiger partial charge < -0.3 is 5.32 Å². The average Bonchev–Trinajstić information content (AvgIpc) is 2.99. The van der Waals surface area contributed by atoms with E-state index >= 15 is 0 Å². The van der Waals surface area contributed by atoms with E-state index in [1.165, 1.54) is 12.1 Å². The summed E-state index contributed by atoms with van der Waals surface area (Å²) in [4.78, 5) is 4.02. The molecule has 4 nitrogen and oxygen atoms in total. The molecule has 1 N–H and O–H groups in total. The van der Waals surface area contributed by atoms with Gasteiger partial charge in [0, 0.05) is 31.2 Å². The molecule has 2 heterocycles. The second-order valence-corrected chi connectivity index (χ2v) is 7.46. The average molecular weight is 402 g/mol. The number of hydrogen-bond donors (Lipinski definition) is 1. The molecular formula is C22H25F3N4. The van der Waals surface area contributed by atoms with Gasteiger partial charge in [0.1, 0.15) is 0 Å². The van der Waals surface area contributed by atoms with Crippen LogP contribution in [0.25, 0.3) is 0 Å². The molecule has 0 saturated carbocycles. The largest absolute Gasteiger partial charge is 0.416 e. The Bertz CT molecular complexity index is 935. The predicted molar refractivity (Wildman–Crippen MR) is 106 cm³/mol. The van der Waals surface area contributed by atoms with Gasteiger partial charge in [0.05, 0.1) is 17.3 Å². The van der Waals surface area contributed by atoms with Gasteiger partial charge in [0.15, 0.2) is 0 Å². The Kier molecular flexibility index (Phi) is 6.37. The molecule has 0 saturated heterocycles. The lowest BCUT2D eigenvalue weighted by Gasteiger charge is -2.23. The minimum absolute atomic E-state index is 0.239. The summed E-state index contributed by atoms with van der Waals surface area (Å²) in [5, 5.41) is 7.93. The number of benzene rings is 1. The summed E-state index contributed by atoms with van der Waals surface area (Å²) in [5.41, 5.74) is 2.87. The minimum atomic E-state index is -4.37. The quantitative estimate of drug-likeness (QED) is 0.609. The van der Waals surface area contributed by atoms with Crippen LogP contribution in [0.4, 0.5) is 13.2 Å². The van der Waals surface area contributed by atoms with Gasteiger partial charge in [-0.3, -0.25) is 9.67 Å². The van der Waals surface area contributed by atoms with Gasteiger partial charge in [-0.2, -0.15) is 18.3 Å². The van der Waals surface area contributed by atoms with Crippen molar-refractivity contribution >= 4 is 0 Å². The Balaban J connectivity index is 1.79. The highest BCUT2D eigenvalue weighted by Crippen LogP contribution is 2.32. The predicted octanol–water partition coefficient (Wildman–Crippen LogP) is 4.93. The maximum absolute atomic E-state index is 13.2. The molecule has 2 aromatic heterocycles. The van der Waals surface area contributed by atoms with Crippen LogP contribution in [0.1, 0.15) is 41.0 Å². The molecule has 7 heteroatoms. The Hall–Kier alpha value is -2.67. The van der Waals surface area contributed by atoms with E-state index in [0.29, 0.717) is 12.1 Å². The van der Waals surface area contributed by atoms with Crippen LogP contribution in [0.3, 0.4) is 0 Å². The van der Waals surface area contributed by atoms with Crippen molar-refractivity contribution in [2.75, 3.05) is 6.54 Å². The molecule has 0 spiro atoms. The van der Waals surface area contributed by atoms with Crippen molar-refractivity contribution in [1.29, 1.82) is 0 Å². The molecule has 1 aromatic carbocycles. The third-order valence-electron chi connectivity index (χ3n) is 4.85. The normalized spacial score (nSPS) is 14.0. The van der Waals surface area contributed by atoms with E-state index in [2.05, 4.69) is 22.3 Å².